The molecule has 5 aromatic rings. The third-order valence-electron chi connectivity index (χ3n) is 7.62. The third kappa shape index (κ3) is 4.67. The van der Waals surface area contributed by atoms with Crippen LogP contribution in [0.5, 0.6) is 0 Å². The first kappa shape index (κ1) is 26.8. The summed E-state index contributed by atoms with van der Waals surface area (Å²) in [6.07, 6.45) is -1.59. The van der Waals surface area contributed by atoms with Crippen molar-refractivity contribution in [1.82, 2.24) is 24.6 Å². The lowest BCUT2D eigenvalue weighted by atomic mass is 9.81. The van der Waals surface area contributed by atoms with Crippen LogP contribution in [0.25, 0.3) is 16.6 Å². The first-order valence-corrected chi connectivity index (χ1v) is 13.2. The molecule has 0 fully saturated rings. The Kier molecular flexibility index (Phi) is 6.45. The zero-order valence-electron chi connectivity index (χ0n) is 21.7. The number of fused-ring (bicyclic) bond motifs is 3. The number of hydrogen-bond acceptors (Lipinski definition) is 4. The number of aryl methyl sites for hydroxylation is 1. The van der Waals surface area contributed by atoms with E-state index in [1.165, 1.54) is 12.7 Å². The number of nitrogens with zero attached hydrogens (tertiary/aromatic N) is 4. The van der Waals surface area contributed by atoms with Crippen LogP contribution in [0.2, 0.25) is 5.02 Å². The molecule has 0 unspecified atom stereocenters. The molecule has 1 N–H and O–H groups in total. The second kappa shape index (κ2) is 9.88. The quantitative estimate of drug-likeness (QED) is 0.252. The Bertz CT molecular complexity index is 1800. The highest BCUT2D eigenvalue weighted by molar-refractivity contribution is 6.34. The SMILES string of the molecule is Cc1ccc2c(c1)c(C(=O)C(F)(F)F)c1n2C[C@@](NC(=O)c2ccc(-n3cnnc3)cc2Cl)(c2ccccc2)CC1. The van der Waals surface area contributed by atoms with Gasteiger partial charge in [0.15, 0.2) is 0 Å². The van der Waals surface area contributed by atoms with Crippen molar-refractivity contribution in [3.05, 3.63) is 112 Å². The van der Waals surface area contributed by atoms with E-state index in [1.54, 1.807) is 52.5 Å². The van der Waals surface area contributed by atoms with Crippen LogP contribution in [0.3, 0.4) is 0 Å². The molecule has 3 heterocycles. The maximum absolute atomic E-state index is 13.7. The summed E-state index contributed by atoms with van der Waals surface area (Å²) in [6.45, 7) is 1.89. The average molecular weight is 578 g/mol. The van der Waals surface area contributed by atoms with Gasteiger partial charge < -0.3 is 9.88 Å². The van der Waals surface area contributed by atoms with E-state index in [0.29, 0.717) is 16.9 Å². The molecule has 0 bridgehead atoms. The van der Waals surface area contributed by atoms with E-state index >= 15 is 0 Å². The van der Waals surface area contributed by atoms with Gasteiger partial charge in [-0.15, -0.1) is 10.2 Å². The summed E-state index contributed by atoms with van der Waals surface area (Å²) in [5.41, 5.74) is 1.94. The Balaban J connectivity index is 1.44. The molecular formula is C30H23ClF3N5O2. The number of halogens is 4. The number of hydrogen-bond donors (Lipinski definition) is 1. The van der Waals surface area contributed by atoms with Crippen molar-refractivity contribution in [3.8, 4) is 5.69 Å². The van der Waals surface area contributed by atoms with E-state index in [0.717, 1.165) is 11.1 Å². The van der Waals surface area contributed by atoms with Gasteiger partial charge in [-0.3, -0.25) is 14.2 Å². The van der Waals surface area contributed by atoms with Crippen LogP contribution in [0.15, 0.2) is 79.4 Å². The first-order chi connectivity index (χ1) is 19.6. The summed E-state index contributed by atoms with van der Waals surface area (Å²) in [4.78, 5) is 26.4. The van der Waals surface area contributed by atoms with Crippen molar-refractivity contribution in [3.63, 3.8) is 0 Å². The van der Waals surface area contributed by atoms with Gasteiger partial charge in [-0.25, -0.2) is 0 Å². The molecule has 2 aromatic heterocycles. The zero-order chi connectivity index (χ0) is 28.9. The van der Waals surface area contributed by atoms with Gasteiger partial charge >= 0.3 is 6.18 Å². The van der Waals surface area contributed by atoms with Gasteiger partial charge in [-0.05, 0) is 55.7 Å². The Hall–Kier alpha value is -4.44. The molecule has 0 saturated heterocycles. The predicted octanol–water partition coefficient (Wildman–Crippen LogP) is 6.20. The topological polar surface area (TPSA) is 81.8 Å². The Morgan fingerprint density at radius 2 is 1.73 bits per heavy atom. The average Bonchev–Trinajstić information content (AvgIpc) is 3.59. The zero-order valence-corrected chi connectivity index (χ0v) is 22.5. The molecule has 0 spiro atoms. The van der Waals surface area contributed by atoms with Crippen molar-refractivity contribution in [2.75, 3.05) is 0 Å². The normalized spacial score (nSPS) is 16.9. The fourth-order valence-electron chi connectivity index (χ4n) is 5.67. The van der Waals surface area contributed by atoms with Crippen LogP contribution in [-0.4, -0.2) is 37.2 Å². The summed E-state index contributed by atoms with van der Waals surface area (Å²) < 4.78 is 44.5. The van der Waals surface area contributed by atoms with Gasteiger partial charge in [0.25, 0.3) is 11.7 Å². The number of nitrogens with one attached hydrogen (secondary N) is 1. The number of rotatable bonds is 5. The molecule has 0 radical (unpaired) electrons. The monoisotopic (exact) mass is 577 g/mol. The molecule has 0 aliphatic carbocycles. The number of ketones is 1. The Labute approximate surface area is 237 Å². The number of alkyl halides is 3. The molecule has 1 amide bonds. The van der Waals surface area contributed by atoms with Crippen LogP contribution >= 0.6 is 11.6 Å². The lowest BCUT2D eigenvalue weighted by Gasteiger charge is -2.40. The second-order valence-corrected chi connectivity index (χ2v) is 10.6. The van der Waals surface area contributed by atoms with Crippen molar-refractivity contribution in [2.24, 2.45) is 0 Å². The Morgan fingerprint density at radius 1 is 1.00 bits per heavy atom. The number of benzene rings is 3. The summed E-state index contributed by atoms with van der Waals surface area (Å²) in [5, 5.41) is 11.2. The van der Waals surface area contributed by atoms with Crippen molar-refractivity contribution in [2.45, 2.75) is 38.0 Å². The standard InChI is InChI=1S/C30H23ClF3N5O2/c1-18-7-10-24-22(13-18)26(27(40)30(32,33)34)25-11-12-29(15-39(24)25,19-5-3-2-4-6-19)37-28(41)21-9-8-20(14-23(21)31)38-16-35-36-17-38/h2-10,13-14,16-17H,11-12,15H2,1H3,(H,37,41)/t29-/m1/s1. The highest BCUT2D eigenvalue weighted by atomic mass is 35.5. The first-order valence-electron chi connectivity index (χ1n) is 12.8. The summed E-state index contributed by atoms with van der Waals surface area (Å²) in [5.74, 6) is -2.30. The van der Waals surface area contributed by atoms with Crippen LogP contribution < -0.4 is 5.32 Å². The van der Waals surface area contributed by atoms with Crippen LogP contribution in [0.4, 0.5) is 13.2 Å². The number of carbonyl (C=O) groups excluding carboxylic acids is 2. The lowest BCUT2D eigenvalue weighted by molar-refractivity contribution is -0.0885. The van der Waals surface area contributed by atoms with Gasteiger partial charge in [-0.2, -0.15) is 13.2 Å². The molecule has 7 nitrogen and oxygen atoms in total. The van der Waals surface area contributed by atoms with E-state index in [2.05, 4.69) is 15.5 Å². The van der Waals surface area contributed by atoms with E-state index in [1.807, 2.05) is 30.3 Å². The van der Waals surface area contributed by atoms with Crippen molar-refractivity contribution in [1.29, 1.82) is 0 Å². The largest absolute Gasteiger partial charge is 0.454 e. The van der Waals surface area contributed by atoms with E-state index < -0.39 is 23.4 Å². The van der Waals surface area contributed by atoms with Gasteiger partial charge in [-0.1, -0.05) is 53.6 Å². The van der Waals surface area contributed by atoms with Gasteiger partial charge in [0.2, 0.25) is 0 Å². The van der Waals surface area contributed by atoms with Crippen molar-refractivity contribution >= 4 is 34.2 Å². The molecule has 3 aromatic carbocycles. The smallest absolute Gasteiger partial charge is 0.341 e. The van der Waals surface area contributed by atoms with E-state index in [-0.39, 0.29) is 40.9 Å². The lowest BCUT2D eigenvalue weighted by Crippen LogP contribution is -2.51. The van der Waals surface area contributed by atoms with E-state index in [9.17, 15) is 22.8 Å². The fraction of sp³-hybridized carbons (Fsp3) is 0.200. The second-order valence-electron chi connectivity index (χ2n) is 10.2. The van der Waals surface area contributed by atoms with Gasteiger partial charge in [0.05, 0.1) is 28.2 Å². The van der Waals surface area contributed by atoms with Gasteiger partial charge in [0, 0.05) is 22.3 Å². The maximum Gasteiger partial charge on any atom is 0.454 e. The summed E-state index contributed by atoms with van der Waals surface area (Å²) >= 11 is 6.54. The van der Waals surface area contributed by atoms with Gasteiger partial charge in [0.1, 0.15) is 12.7 Å². The minimum atomic E-state index is -5.02. The molecule has 11 heteroatoms. The fourth-order valence-corrected chi connectivity index (χ4v) is 5.93. The number of Topliss-reactive ketones (excluding diaryl/α,β-unsaturated/α-hetero) is 1. The third-order valence-corrected chi connectivity index (χ3v) is 7.93. The predicted molar refractivity (Wildman–Crippen MR) is 147 cm³/mol. The summed E-state index contributed by atoms with van der Waals surface area (Å²) in [6, 6.07) is 19.4. The highest BCUT2D eigenvalue weighted by Gasteiger charge is 2.46. The van der Waals surface area contributed by atoms with Crippen LogP contribution in [0, 0.1) is 6.92 Å². The van der Waals surface area contributed by atoms with E-state index in [4.69, 9.17) is 11.6 Å². The van der Waals surface area contributed by atoms with Crippen LogP contribution in [-0.2, 0) is 18.5 Å². The van der Waals surface area contributed by atoms with Crippen LogP contribution in [0.1, 0.15) is 44.0 Å². The molecular weight excluding hydrogens is 555 g/mol. The minimum absolute atomic E-state index is 0.124. The number of carbonyl (C=O) groups is 2. The number of aromatic nitrogens is 4. The minimum Gasteiger partial charge on any atom is -0.341 e. The van der Waals surface area contributed by atoms with Crippen molar-refractivity contribution < 1.29 is 22.8 Å². The molecule has 0 saturated carbocycles. The molecule has 6 rings (SSSR count). The Morgan fingerprint density at radius 3 is 2.41 bits per heavy atom. The molecule has 1 aliphatic heterocycles. The molecule has 208 valence electrons. The maximum atomic E-state index is 13.7. The molecule has 1 atom stereocenters. The summed E-state index contributed by atoms with van der Waals surface area (Å²) in [7, 11) is 0. The number of amides is 1. The molecule has 1 aliphatic rings. The molecule has 41 heavy (non-hydrogen) atoms. The highest BCUT2D eigenvalue weighted by Crippen LogP contribution is 2.41.